The molecule has 0 radical (unpaired) electrons. The van der Waals surface area contributed by atoms with Gasteiger partial charge in [0.2, 0.25) is 0 Å². The summed E-state index contributed by atoms with van der Waals surface area (Å²) in [7, 11) is 0.181. The molecular weight excluding hydrogens is 220 g/mol. The third-order valence-corrected chi connectivity index (χ3v) is 4.58. The Balaban J connectivity index is 2.42. The fourth-order valence-corrected chi connectivity index (χ4v) is 3.19. The lowest BCUT2D eigenvalue weighted by Gasteiger charge is -2.26. The fourth-order valence-electron chi connectivity index (χ4n) is 2.44. The maximum Gasteiger partial charge on any atom is 0.120 e. The maximum absolute atomic E-state index is 10.4. The van der Waals surface area contributed by atoms with Crippen LogP contribution in [-0.2, 0) is 9.53 Å². The van der Waals surface area contributed by atoms with Crippen LogP contribution in [0.4, 0.5) is 0 Å². The standard InChI is InChI=1S/C13H26O2S/c1-13(2)10-11(6-5-8-14)15-12(13)7-9-16(3)4/h8,11-12,16H,5-7,9-10H2,1-4H3. The van der Waals surface area contributed by atoms with Crippen molar-refractivity contribution in [1.82, 2.24) is 0 Å². The van der Waals surface area contributed by atoms with Crippen LogP contribution in [0.2, 0.25) is 0 Å². The Bertz CT molecular complexity index is 226. The SMILES string of the molecule is C[SH](C)CCC1OC(CCC=O)CC1(C)C. The molecule has 0 aliphatic carbocycles. The molecule has 0 saturated carbocycles. The molecule has 1 aliphatic heterocycles. The average molecular weight is 246 g/mol. The van der Waals surface area contributed by atoms with E-state index < -0.39 is 0 Å². The Labute approximate surface area is 102 Å². The molecule has 0 aromatic heterocycles. The highest BCUT2D eigenvalue weighted by Crippen LogP contribution is 2.41. The van der Waals surface area contributed by atoms with Crippen LogP contribution >= 0.6 is 10.9 Å². The third kappa shape index (κ3) is 4.10. The van der Waals surface area contributed by atoms with Gasteiger partial charge in [-0.1, -0.05) is 13.8 Å². The Morgan fingerprint density at radius 2 is 2.06 bits per heavy atom. The number of carbonyl (C=O) groups is 1. The molecule has 1 fully saturated rings. The minimum atomic E-state index is 0.181. The number of hydrogen-bond donors (Lipinski definition) is 1. The van der Waals surface area contributed by atoms with Crippen molar-refractivity contribution in [3.63, 3.8) is 0 Å². The Hall–Kier alpha value is -0.0200. The molecular formula is C13H26O2S. The highest BCUT2D eigenvalue weighted by Gasteiger charge is 2.40. The number of carbonyl (C=O) groups excluding carboxylic acids is 1. The summed E-state index contributed by atoms with van der Waals surface area (Å²) in [6.07, 6.45) is 10.2. The first-order chi connectivity index (χ1) is 7.45. The first kappa shape index (κ1) is 14.0. The maximum atomic E-state index is 10.4. The Kier molecular flexibility index (Phi) is 5.32. The van der Waals surface area contributed by atoms with Gasteiger partial charge >= 0.3 is 0 Å². The molecule has 3 heteroatoms. The van der Waals surface area contributed by atoms with Gasteiger partial charge in [0.05, 0.1) is 12.2 Å². The molecule has 1 rings (SSSR count). The number of hydrogen-bond acceptors (Lipinski definition) is 2. The normalized spacial score (nSPS) is 29.1. The lowest BCUT2D eigenvalue weighted by molar-refractivity contribution is -0.108. The van der Waals surface area contributed by atoms with E-state index in [0.717, 1.165) is 19.1 Å². The van der Waals surface area contributed by atoms with Crippen molar-refractivity contribution >= 4 is 17.2 Å². The van der Waals surface area contributed by atoms with Crippen molar-refractivity contribution in [2.45, 2.75) is 51.7 Å². The summed E-state index contributed by atoms with van der Waals surface area (Å²) in [5.41, 5.74) is 0.291. The molecule has 0 aromatic rings. The molecule has 0 spiro atoms. The number of thiol groups is 1. The van der Waals surface area contributed by atoms with E-state index >= 15 is 0 Å². The van der Waals surface area contributed by atoms with Gasteiger partial charge in [0.25, 0.3) is 0 Å². The van der Waals surface area contributed by atoms with E-state index in [1.165, 1.54) is 12.2 Å². The van der Waals surface area contributed by atoms with Crippen LogP contribution in [0.25, 0.3) is 0 Å². The van der Waals surface area contributed by atoms with E-state index in [1.54, 1.807) is 0 Å². The second kappa shape index (κ2) is 6.06. The van der Waals surface area contributed by atoms with E-state index in [1.807, 2.05) is 0 Å². The van der Waals surface area contributed by atoms with Gasteiger partial charge < -0.3 is 9.53 Å². The van der Waals surface area contributed by atoms with Crippen molar-refractivity contribution in [2.24, 2.45) is 5.41 Å². The van der Waals surface area contributed by atoms with Gasteiger partial charge in [-0.05, 0) is 42.9 Å². The van der Waals surface area contributed by atoms with Crippen LogP contribution < -0.4 is 0 Å². The van der Waals surface area contributed by atoms with E-state index in [0.29, 0.717) is 24.0 Å². The molecule has 0 N–H and O–H groups in total. The summed E-state index contributed by atoms with van der Waals surface area (Å²) in [4.78, 5) is 10.4. The van der Waals surface area contributed by atoms with Crippen molar-refractivity contribution in [1.29, 1.82) is 0 Å². The Morgan fingerprint density at radius 1 is 1.38 bits per heavy atom. The van der Waals surface area contributed by atoms with Crippen molar-refractivity contribution in [3.8, 4) is 0 Å². The zero-order valence-corrected chi connectivity index (χ0v) is 11.9. The molecule has 0 amide bonds. The number of rotatable bonds is 6. The smallest absolute Gasteiger partial charge is 0.120 e. The molecule has 0 aromatic carbocycles. The second-order valence-electron chi connectivity index (χ2n) is 5.78. The van der Waals surface area contributed by atoms with Gasteiger partial charge in [-0.25, -0.2) is 0 Å². The van der Waals surface area contributed by atoms with Crippen LogP contribution in [0.5, 0.6) is 0 Å². The van der Waals surface area contributed by atoms with Crippen LogP contribution in [0.3, 0.4) is 0 Å². The van der Waals surface area contributed by atoms with E-state index in [-0.39, 0.29) is 10.9 Å². The highest BCUT2D eigenvalue weighted by molar-refractivity contribution is 8.15. The van der Waals surface area contributed by atoms with E-state index in [4.69, 9.17) is 4.74 Å². The van der Waals surface area contributed by atoms with Gasteiger partial charge in [-0.2, -0.15) is 0 Å². The summed E-state index contributed by atoms with van der Waals surface area (Å²) in [5, 5.41) is 0. The topological polar surface area (TPSA) is 26.3 Å². The number of ether oxygens (including phenoxy) is 1. The molecule has 1 heterocycles. The molecule has 1 aliphatic rings. The van der Waals surface area contributed by atoms with Gasteiger partial charge in [0.15, 0.2) is 0 Å². The van der Waals surface area contributed by atoms with Crippen molar-refractivity contribution < 1.29 is 9.53 Å². The summed E-state index contributed by atoms with van der Waals surface area (Å²) in [5.74, 6) is 1.30. The lowest BCUT2D eigenvalue weighted by atomic mass is 9.82. The van der Waals surface area contributed by atoms with Crippen LogP contribution in [-0.4, -0.2) is 36.8 Å². The molecule has 16 heavy (non-hydrogen) atoms. The Morgan fingerprint density at radius 3 is 2.62 bits per heavy atom. The monoisotopic (exact) mass is 246 g/mol. The van der Waals surface area contributed by atoms with Gasteiger partial charge in [-0.15, -0.1) is 0 Å². The zero-order valence-electron chi connectivity index (χ0n) is 11.0. The van der Waals surface area contributed by atoms with Crippen LogP contribution in [0, 0.1) is 5.41 Å². The van der Waals surface area contributed by atoms with Crippen molar-refractivity contribution in [2.75, 3.05) is 18.3 Å². The largest absolute Gasteiger partial charge is 0.374 e. The van der Waals surface area contributed by atoms with Crippen LogP contribution in [0.15, 0.2) is 0 Å². The predicted octanol–water partition coefficient (Wildman–Crippen LogP) is 2.80. The fraction of sp³-hybridized carbons (Fsp3) is 0.923. The third-order valence-electron chi connectivity index (χ3n) is 3.43. The minimum absolute atomic E-state index is 0.181. The van der Waals surface area contributed by atoms with Crippen LogP contribution in [0.1, 0.15) is 39.5 Å². The summed E-state index contributed by atoms with van der Waals surface area (Å²) in [6.45, 7) is 4.60. The summed E-state index contributed by atoms with van der Waals surface area (Å²) in [6, 6.07) is 0. The zero-order chi connectivity index (χ0) is 12.2. The van der Waals surface area contributed by atoms with E-state index in [2.05, 4.69) is 26.4 Å². The first-order valence-electron chi connectivity index (χ1n) is 6.19. The minimum Gasteiger partial charge on any atom is -0.374 e. The molecule has 2 atom stereocenters. The van der Waals surface area contributed by atoms with Gasteiger partial charge in [0.1, 0.15) is 6.29 Å². The second-order valence-corrected chi connectivity index (χ2v) is 8.38. The summed E-state index contributed by atoms with van der Waals surface area (Å²) < 4.78 is 6.08. The molecule has 0 bridgehead atoms. The van der Waals surface area contributed by atoms with Crippen molar-refractivity contribution in [3.05, 3.63) is 0 Å². The molecule has 96 valence electrons. The molecule has 1 saturated heterocycles. The molecule has 2 nitrogen and oxygen atoms in total. The highest BCUT2D eigenvalue weighted by atomic mass is 32.2. The average Bonchev–Trinajstić information content (AvgIpc) is 2.47. The summed E-state index contributed by atoms with van der Waals surface area (Å²) >= 11 is 0. The van der Waals surface area contributed by atoms with E-state index in [9.17, 15) is 4.79 Å². The first-order valence-corrected chi connectivity index (χ1v) is 8.61. The van der Waals surface area contributed by atoms with Gasteiger partial charge in [-0.3, -0.25) is 10.9 Å². The number of aldehydes is 1. The molecule has 2 unspecified atom stereocenters. The quantitative estimate of drug-likeness (QED) is 0.576. The van der Waals surface area contributed by atoms with Gasteiger partial charge in [0, 0.05) is 6.42 Å². The lowest BCUT2D eigenvalue weighted by Crippen LogP contribution is -2.25. The predicted molar refractivity (Wildman–Crippen MR) is 72.7 cm³/mol.